The first-order valence-corrected chi connectivity index (χ1v) is 7.51. The first kappa shape index (κ1) is 14.6. The minimum atomic E-state index is 0.435. The van der Waals surface area contributed by atoms with Crippen molar-refractivity contribution in [3.63, 3.8) is 0 Å². The lowest BCUT2D eigenvalue weighted by Gasteiger charge is -2.18. The van der Waals surface area contributed by atoms with Crippen molar-refractivity contribution in [1.82, 2.24) is 5.32 Å². The summed E-state index contributed by atoms with van der Waals surface area (Å²) in [6.07, 6.45) is 0.941. The smallest absolute Gasteiger partial charge is 0.0449 e. The van der Waals surface area contributed by atoms with Gasteiger partial charge in [-0.25, -0.2) is 0 Å². The number of rotatable bonds is 5. The average Bonchev–Trinajstić information content (AvgIpc) is 2.42. The van der Waals surface area contributed by atoms with E-state index in [1.807, 2.05) is 25.2 Å². The second kappa shape index (κ2) is 7.09. The Bertz CT molecular complexity index is 528. The third-order valence-electron chi connectivity index (χ3n) is 3.20. The first-order valence-electron chi connectivity index (χ1n) is 6.34. The number of nitrogens with one attached hydrogen (secondary N) is 1. The number of hydrogen-bond donors (Lipinski definition) is 1. The van der Waals surface area contributed by atoms with Crippen LogP contribution in [0.3, 0.4) is 0 Å². The molecule has 0 bridgehead atoms. The van der Waals surface area contributed by atoms with Crippen LogP contribution in [0.5, 0.6) is 0 Å². The molecular formula is C16H17BrClN. The molecule has 0 aliphatic heterocycles. The van der Waals surface area contributed by atoms with Crippen molar-refractivity contribution in [2.75, 3.05) is 13.6 Å². The van der Waals surface area contributed by atoms with E-state index in [9.17, 15) is 0 Å². The fourth-order valence-corrected chi connectivity index (χ4v) is 2.98. The van der Waals surface area contributed by atoms with Crippen molar-refractivity contribution in [2.45, 2.75) is 12.3 Å². The van der Waals surface area contributed by atoms with Gasteiger partial charge in [-0.05, 0) is 36.7 Å². The molecule has 1 unspecified atom stereocenters. The molecule has 19 heavy (non-hydrogen) atoms. The van der Waals surface area contributed by atoms with Crippen LogP contribution in [0.4, 0.5) is 0 Å². The summed E-state index contributed by atoms with van der Waals surface area (Å²) in [5.41, 5.74) is 2.53. The lowest BCUT2D eigenvalue weighted by molar-refractivity contribution is 0.626. The molecule has 0 aliphatic rings. The Morgan fingerprint density at radius 2 is 1.89 bits per heavy atom. The number of hydrogen-bond acceptors (Lipinski definition) is 1. The van der Waals surface area contributed by atoms with E-state index in [1.54, 1.807) is 0 Å². The van der Waals surface area contributed by atoms with Crippen LogP contribution in [0.25, 0.3) is 0 Å². The van der Waals surface area contributed by atoms with Crippen LogP contribution in [0, 0.1) is 0 Å². The fraction of sp³-hybridized carbons (Fsp3) is 0.250. The van der Waals surface area contributed by atoms with Gasteiger partial charge in [0.25, 0.3) is 0 Å². The first-order chi connectivity index (χ1) is 9.20. The zero-order chi connectivity index (χ0) is 13.7. The third-order valence-corrected chi connectivity index (χ3v) is 4.05. The van der Waals surface area contributed by atoms with E-state index >= 15 is 0 Å². The summed E-state index contributed by atoms with van der Waals surface area (Å²) in [6.45, 7) is 0.941. The highest BCUT2D eigenvalue weighted by molar-refractivity contribution is 9.10. The topological polar surface area (TPSA) is 12.0 Å². The van der Waals surface area contributed by atoms with Gasteiger partial charge in [-0.15, -0.1) is 0 Å². The standard InChI is InChI=1S/C16H17BrClN/c1-19-11-14(12-5-3-2-4-6-12)9-13-7-8-15(17)10-16(13)18/h2-8,10,14,19H,9,11H2,1H3. The number of likely N-dealkylation sites (N-methyl/N-ethyl adjacent to an activating group) is 1. The Kier molecular flexibility index (Phi) is 5.44. The Labute approximate surface area is 128 Å². The van der Waals surface area contributed by atoms with E-state index < -0.39 is 0 Å². The van der Waals surface area contributed by atoms with Crippen molar-refractivity contribution in [1.29, 1.82) is 0 Å². The van der Waals surface area contributed by atoms with Crippen molar-refractivity contribution < 1.29 is 0 Å². The van der Waals surface area contributed by atoms with E-state index in [4.69, 9.17) is 11.6 Å². The molecule has 2 aromatic rings. The molecule has 0 spiro atoms. The molecule has 0 amide bonds. The molecule has 0 aromatic heterocycles. The maximum absolute atomic E-state index is 6.31. The minimum Gasteiger partial charge on any atom is -0.319 e. The molecule has 0 radical (unpaired) electrons. The SMILES string of the molecule is CNCC(Cc1ccc(Br)cc1Cl)c1ccccc1. The molecule has 1 N–H and O–H groups in total. The van der Waals surface area contributed by atoms with E-state index in [-0.39, 0.29) is 0 Å². The highest BCUT2D eigenvalue weighted by Crippen LogP contribution is 2.27. The molecule has 0 aliphatic carbocycles. The van der Waals surface area contributed by atoms with Gasteiger partial charge in [0.2, 0.25) is 0 Å². The maximum Gasteiger partial charge on any atom is 0.0449 e. The summed E-state index contributed by atoms with van der Waals surface area (Å²) in [5, 5.41) is 4.09. The van der Waals surface area contributed by atoms with Gasteiger partial charge >= 0.3 is 0 Å². The van der Waals surface area contributed by atoms with E-state index in [1.165, 1.54) is 11.1 Å². The highest BCUT2D eigenvalue weighted by atomic mass is 79.9. The van der Waals surface area contributed by atoms with Crippen LogP contribution >= 0.6 is 27.5 Å². The maximum atomic E-state index is 6.31. The Balaban J connectivity index is 2.21. The van der Waals surface area contributed by atoms with Gasteiger partial charge in [-0.2, -0.15) is 0 Å². The predicted octanol–water partition coefficient (Wildman–Crippen LogP) is 4.65. The van der Waals surface area contributed by atoms with Crippen LogP contribution in [-0.4, -0.2) is 13.6 Å². The fourth-order valence-electron chi connectivity index (χ4n) is 2.23. The molecule has 2 rings (SSSR count). The molecule has 100 valence electrons. The second-order valence-electron chi connectivity index (χ2n) is 4.61. The summed E-state index contributed by atoms with van der Waals surface area (Å²) in [4.78, 5) is 0. The quantitative estimate of drug-likeness (QED) is 0.837. The van der Waals surface area contributed by atoms with Crippen molar-refractivity contribution in [2.24, 2.45) is 0 Å². The van der Waals surface area contributed by atoms with Crippen LogP contribution < -0.4 is 5.32 Å². The molecule has 0 fully saturated rings. The van der Waals surface area contributed by atoms with Crippen LogP contribution in [-0.2, 0) is 6.42 Å². The van der Waals surface area contributed by atoms with E-state index in [0.29, 0.717) is 5.92 Å². The molecule has 1 nitrogen and oxygen atoms in total. The predicted molar refractivity (Wildman–Crippen MR) is 86.0 cm³/mol. The van der Waals surface area contributed by atoms with Gasteiger partial charge in [-0.1, -0.05) is 63.9 Å². The summed E-state index contributed by atoms with van der Waals surface area (Å²) in [5.74, 6) is 0.435. The minimum absolute atomic E-state index is 0.435. The molecule has 0 saturated heterocycles. The Hall–Kier alpha value is -0.830. The van der Waals surface area contributed by atoms with Gasteiger partial charge < -0.3 is 5.32 Å². The summed E-state index contributed by atoms with van der Waals surface area (Å²) >= 11 is 9.75. The zero-order valence-corrected chi connectivity index (χ0v) is 13.2. The van der Waals surface area contributed by atoms with Crippen LogP contribution in [0.15, 0.2) is 53.0 Å². The summed E-state index contributed by atoms with van der Waals surface area (Å²) in [7, 11) is 1.99. The summed E-state index contributed by atoms with van der Waals surface area (Å²) in [6, 6.07) is 16.7. The van der Waals surface area contributed by atoms with Crippen molar-refractivity contribution in [3.05, 3.63) is 69.2 Å². The summed E-state index contributed by atoms with van der Waals surface area (Å²) < 4.78 is 1.02. The Morgan fingerprint density at radius 3 is 2.53 bits per heavy atom. The molecule has 2 aromatic carbocycles. The average molecular weight is 339 g/mol. The molecule has 0 saturated carbocycles. The molecule has 1 atom stereocenters. The van der Waals surface area contributed by atoms with E-state index in [2.05, 4.69) is 51.6 Å². The number of benzene rings is 2. The second-order valence-corrected chi connectivity index (χ2v) is 5.93. The normalized spacial score (nSPS) is 12.4. The van der Waals surface area contributed by atoms with E-state index in [0.717, 1.165) is 22.5 Å². The number of halogens is 2. The lowest BCUT2D eigenvalue weighted by atomic mass is 9.92. The van der Waals surface area contributed by atoms with Crippen molar-refractivity contribution in [3.8, 4) is 0 Å². The molecule has 0 heterocycles. The lowest BCUT2D eigenvalue weighted by Crippen LogP contribution is -2.19. The van der Waals surface area contributed by atoms with Gasteiger partial charge in [0.05, 0.1) is 0 Å². The van der Waals surface area contributed by atoms with Gasteiger partial charge in [0.15, 0.2) is 0 Å². The van der Waals surface area contributed by atoms with Crippen LogP contribution in [0.1, 0.15) is 17.0 Å². The highest BCUT2D eigenvalue weighted by Gasteiger charge is 2.13. The molecular weight excluding hydrogens is 322 g/mol. The third kappa shape index (κ3) is 4.07. The van der Waals surface area contributed by atoms with Gasteiger partial charge in [0, 0.05) is 22.0 Å². The van der Waals surface area contributed by atoms with Gasteiger partial charge in [0.1, 0.15) is 0 Å². The van der Waals surface area contributed by atoms with Crippen molar-refractivity contribution >= 4 is 27.5 Å². The zero-order valence-electron chi connectivity index (χ0n) is 10.9. The largest absolute Gasteiger partial charge is 0.319 e. The van der Waals surface area contributed by atoms with Crippen LogP contribution in [0.2, 0.25) is 5.02 Å². The Morgan fingerprint density at radius 1 is 1.16 bits per heavy atom. The van der Waals surface area contributed by atoms with Gasteiger partial charge in [-0.3, -0.25) is 0 Å². The monoisotopic (exact) mass is 337 g/mol. The molecule has 3 heteroatoms.